The van der Waals surface area contributed by atoms with Crippen LogP contribution in [0.25, 0.3) is 0 Å². The molecule has 3 heteroatoms. The molecule has 3 nitrogen and oxygen atoms in total. The first kappa shape index (κ1) is 15.0. The van der Waals surface area contributed by atoms with Crippen molar-refractivity contribution in [1.29, 1.82) is 0 Å². The molecular formula is C17H25NO2. The smallest absolute Gasteiger partial charge is 0.230 e. The van der Waals surface area contributed by atoms with Crippen LogP contribution in [-0.4, -0.2) is 35.1 Å². The number of nitrogens with zero attached hydrogens (tertiary/aromatic N) is 1. The van der Waals surface area contributed by atoms with Crippen molar-refractivity contribution in [2.24, 2.45) is 5.92 Å². The van der Waals surface area contributed by atoms with E-state index in [-0.39, 0.29) is 17.9 Å². The van der Waals surface area contributed by atoms with Crippen LogP contribution in [0.3, 0.4) is 0 Å². The summed E-state index contributed by atoms with van der Waals surface area (Å²) in [6, 6.07) is 10.0. The van der Waals surface area contributed by atoms with Crippen LogP contribution < -0.4 is 0 Å². The highest BCUT2D eigenvalue weighted by molar-refractivity contribution is 5.84. The number of carbonyl (C=O) groups is 1. The molecule has 20 heavy (non-hydrogen) atoms. The maximum Gasteiger partial charge on any atom is 0.230 e. The second kappa shape index (κ2) is 6.89. The number of aliphatic hydroxyl groups is 1. The standard InChI is InChI=1S/C17H25NO2/c1-3-13(2)16(14-8-5-4-6-9-14)17(20)18-11-7-10-15(19)12-18/h4-6,8-9,13,15-16,19H,3,7,10-12H2,1-2H3. The molecule has 1 aliphatic heterocycles. The molecule has 3 unspecified atom stereocenters. The molecular weight excluding hydrogens is 250 g/mol. The molecule has 1 aromatic rings. The van der Waals surface area contributed by atoms with Crippen molar-refractivity contribution in [3.05, 3.63) is 35.9 Å². The topological polar surface area (TPSA) is 40.5 Å². The van der Waals surface area contributed by atoms with E-state index < -0.39 is 0 Å². The molecule has 0 radical (unpaired) electrons. The van der Waals surface area contributed by atoms with E-state index in [1.165, 1.54) is 0 Å². The second-order valence-corrected chi connectivity index (χ2v) is 5.85. The summed E-state index contributed by atoms with van der Waals surface area (Å²) in [6.45, 7) is 5.52. The Balaban J connectivity index is 2.20. The number of piperidine rings is 1. The van der Waals surface area contributed by atoms with E-state index >= 15 is 0 Å². The highest BCUT2D eigenvalue weighted by Gasteiger charge is 2.32. The number of likely N-dealkylation sites (tertiary alicyclic amines) is 1. The lowest BCUT2D eigenvalue weighted by atomic mass is 9.84. The molecule has 0 bridgehead atoms. The van der Waals surface area contributed by atoms with Crippen LogP contribution in [0.2, 0.25) is 0 Å². The van der Waals surface area contributed by atoms with Gasteiger partial charge < -0.3 is 10.0 Å². The summed E-state index contributed by atoms with van der Waals surface area (Å²) in [7, 11) is 0. The fourth-order valence-electron chi connectivity index (χ4n) is 2.96. The first-order valence-electron chi connectivity index (χ1n) is 7.65. The second-order valence-electron chi connectivity index (χ2n) is 5.85. The maximum absolute atomic E-state index is 12.9. The molecule has 1 fully saturated rings. The molecule has 3 atom stereocenters. The van der Waals surface area contributed by atoms with Gasteiger partial charge in [0.05, 0.1) is 12.0 Å². The summed E-state index contributed by atoms with van der Waals surface area (Å²) in [4.78, 5) is 14.7. The lowest BCUT2D eigenvalue weighted by Crippen LogP contribution is -2.45. The van der Waals surface area contributed by atoms with Gasteiger partial charge in [-0.1, -0.05) is 50.6 Å². The molecule has 2 rings (SSSR count). The van der Waals surface area contributed by atoms with Gasteiger partial charge in [0.25, 0.3) is 0 Å². The molecule has 1 heterocycles. The van der Waals surface area contributed by atoms with Gasteiger partial charge in [-0.25, -0.2) is 0 Å². The van der Waals surface area contributed by atoms with E-state index in [0.29, 0.717) is 12.5 Å². The Morgan fingerprint density at radius 1 is 1.40 bits per heavy atom. The van der Waals surface area contributed by atoms with E-state index in [9.17, 15) is 9.90 Å². The third-order valence-corrected chi connectivity index (χ3v) is 4.35. The van der Waals surface area contributed by atoms with Gasteiger partial charge in [0.2, 0.25) is 5.91 Å². The normalized spacial score (nSPS) is 22.4. The molecule has 0 aromatic heterocycles. The van der Waals surface area contributed by atoms with Crippen LogP contribution in [0.5, 0.6) is 0 Å². The van der Waals surface area contributed by atoms with Gasteiger partial charge in [-0.15, -0.1) is 0 Å². The fourth-order valence-corrected chi connectivity index (χ4v) is 2.96. The monoisotopic (exact) mass is 275 g/mol. The molecule has 1 saturated heterocycles. The minimum Gasteiger partial charge on any atom is -0.391 e. The quantitative estimate of drug-likeness (QED) is 0.918. The number of amides is 1. The van der Waals surface area contributed by atoms with Crippen LogP contribution in [0.15, 0.2) is 30.3 Å². The van der Waals surface area contributed by atoms with Crippen LogP contribution in [0.4, 0.5) is 0 Å². The lowest BCUT2D eigenvalue weighted by Gasteiger charge is -2.34. The summed E-state index contributed by atoms with van der Waals surface area (Å²) < 4.78 is 0. The van der Waals surface area contributed by atoms with Crippen molar-refractivity contribution in [2.75, 3.05) is 13.1 Å². The number of rotatable bonds is 4. The molecule has 1 aliphatic rings. The lowest BCUT2D eigenvalue weighted by molar-refractivity contribution is -0.137. The third-order valence-electron chi connectivity index (χ3n) is 4.35. The number of carbonyl (C=O) groups excluding carboxylic acids is 1. The average molecular weight is 275 g/mol. The van der Waals surface area contributed by atoms with E-state index in [4.69, 9.17) is 0 Å². The van der Waals surface area contributed by atoms with E-state index in [0.717, 1.165) is 31.4 Å². The highest BCUT2D eigenvalue weighted by atomic mass is 16.3. The minimum atomic E-state index is -0.360. The summed E-state index contributed by atoms with van der Waals surface area (Å²) in [5.41, 5.74) is 1.09. The molecule has 1 amide bonds. The predicted molar refractivity (Wildman–Crippen MR) is 80.5 cm³/mol. The molecule has 0 aliphatic carbocycles. The van der Waals surface area contributed by atoms with Crippen molar-refractivity contribution >= 4 is 5.91 Å². The zero-order valence-electron chi connectivity index (χ0n) is 12.5. The third kappa shape index (κ3) is 3.40. The summed E-state index contributed by atoms with van der Waals surface area (Å²) in [6.07, 6.45) is 2.32. The number of aliphatic hydroxyl groups excluding tert-OH is 1. The van der Waals surface area contributed by atoms with Gasteiger partial charge in [-0.3, -0.25) is 4.79 Å². The van der Waals surface area contributed by atoms with Crippen LogP contribution in [-0.2, 0) is 4.79 Å². The van der Waals surface area contributed by atoms with Crippen molar-refractivity contribution in [3.63, 3.8) is 0 Å². The minimum absolute atomic E-state index is 0.0912. The van der Waals surface area contributed by atoms with E-state index in [1.807, 2.05) is 35.2 Å². The van der Waals surface area contributed by atoms with Crippen molar-refractivity contribution in [2.45, 2.75) is 45.1 Å². The number of benzene rings is 1. The van der Waals surface area contributed by atoms with Crippen molar-refractivity contribution < 1.29 is 9.90 Å². The van der Waals surface area contributed by atoms with Gasteiger partial charge in [0.15, 0.2) is 0 Å². The van der Waals surface area contributed by atoms with Crippen LogP contribution in [0.1, 0.15) is 44.6 Å². The molecule has 0 spiro atoms. The maximum atomic E-state index is 12.9. The zero-order valence-corrected chi connectivity index (χ0v) is 12.5. The average Bonchev–Trinajstić information content (AvgIpc) is 2.48. The van der Waals surface area contributed by atoms with E-state index in [2.05, 4.69) is 13.8 Å². The number of β-amino-alcohol motifs (C(OH)–C–C–N with tert-alkyl or cyclic N) is 1. The molecule has 1 N–H and O–H groups in total. The SMILES string of the molecule is CCC(C)C(C(=O)N1CCCC(O)C1)c1ccccc1. The van der Waals surface area contributed by atoms with Gasteiger partial charge in [-0.2, -0.15) is 0 Å². The number of hydrogen-bond acceptors (Lipinski definition) is 2. The Kier molecular flexibility index (Phi) is 5.18. The summed E-state index contributed by atoms with van der Waals surface area (Å²) >= 11 is 0. The Labute approximate surface area is 121 Å². The summed E-state index contributed by atoms with van der Waals surface area (Å²) in [5, 5.41) is 9.78. The first-order valence-corrected chi connectivity index (χ1v) is 7.65. The van der Waals surface area contributed by atoms with Crippen molar-refractivity contribution in [1.82, 2.24) is 4.90 Å². The molecule has 1 aromatic carbocycles. The Hall–Kier alpha value is -1.35. The van der Waals surface area contributed by atoms with E-state index in [1.54, 1.807) is 0 Å². The predicted octanol–water partition coefficient (Wildman–Crippen LogP) is 2.80. The van der Waals surface area contributed by atoms with Gasteiger partial charge in [0, 0.05) is 13.1 Å². The zero-order chi connectivity index (χ0) is 14.5. The van der Waals surface area contributed by atoms with Gasteiger partial charge >= 0.3 is 0 Å². The highest BCUT2D eigenvalue weighted by Crippen LogP contribution is 2.30. The fraction of sp³-hybridized carbons (Fsp3) is 0.588. The molecule has 110 valence electrons. The number of hydrogen-bond donors (Lipinski definition) is 1. The Morgan fingerprint density at radius 3 is 2.70 bits per heavy atom. The van der Waals surface area contributed by atoms with Crippen LogP contribution in [0, 0.1) is 5.92 Å². The van der Waals surface area contributed by atoms with Crippen LogP contribution >= 0.6 is 0 Å². The van der Waals surface area contributed by atoms with Crippen molar-refractivity contribution in [3.8, 4) is 0 Å². The Bertz CT molecular complexity index is 432. The Morgan fingerprint density at radius 2 is 2.10 bits per heavy atom. The molecule has 0 saturated carbocycles. The largest absolute Gasteiger partial charge is 0.391 e. The van der Waals surface area contributed by atoms with Gasteiger partial charge in [-0.05, 0) is 24.3 Å². The summed E-state index contributed by atoms with van der Waals surface area (Å²) in [5.74, 6) is 0.389. The first-order chi connectivity index (χ1) is 9.63. The van der Waals surface area contributed by atoms with Gasteiger partial charge in [0.1, 0.15) is 0 Å².